The summed E-state index contributed by atoms with van der Waals surface area (Å²) in [5, 5.41) is 0. The Morgan fingerprint density at radius 2 is 2.07 bits per heavy atom. The van der Waals surface area contributed by atoms with Gasteiger partial charge in [0.1, 0.15) is 3.70 Å². The third-order valence-electron chi connectivity index (χ3n) is 1.31. The number of carbonyl (C=O) groups is 1. The first-order valence-electron chi connectivity index (χ1n) is 3.47. The van der Waals surface area contributed by atoms with Crippen molar-refractivity contribution in [2.45, 2.75) is 6.36 Å². The number of alkyl halides is 3. The van der Waals surface area contributed by atoms with E-state index in [9.17, 15) is 22.8 Å². The summed E-state index contributed by atoms with van der Waals surface area (Å²) in [4.78, 5) is 23.6. The van der Waals surface area contributed by atoms with Crippen molar-refractivity contribution in [3.05, 3.63) is 25.7 Å². The number of aromatic amines is 1. The molecule has 8 heteroatoms. The maximum Gasteiger partial charge on any atom is 0.573 e. The van der Waals surface area contributed by atoms with Gasteiger partial charge in [0.15, 0.2) is 6.29 Å². The second-order valence-corrected chi connectivity index (χ2v) is 3.48. The van der Waals surface area contributed by atoms with E-state index in [1.54, 1.807) is 0 Å². The van der Waals surface area contributed by atoms with Gasteiger partial charge in [0.25, 0.3) is 0 Å². The van der Waals surface area contributed by atoms with Crippen LogP contribution in [0.4, 0.5) is 13.2 Å². The highest BCUT2D eigenvalue weighted by atomic mass is 127. The Bertz CT molecular complexity index is 440. The molecule has 1 aromatic heterocycles. The molecule has 0 spiro atoms. The fourth-order valence-electron chi connectivity index (χ4n) is 0.809. The van der Waals surface area contributed by atoms with Crippen LogP contribution in [0.15, 0.2) is 10.9 Å². The maximum atomic E-state index is 11.8. The third kappa shape index (κ3) is 3.22. The molecular weight excluding hydrogens is 330 g/mol. The van der Waals surface area contributed by atoms with Crippen LogP contribution in [0.2, 0.25) is 0 Å². The van der Waals surface area contributed by atoms with Crippen LogP contribution in [0.5, 0.6) is 5.75 Å². The largest absolute Gasteiger partial charge is 0.573 e. The van der Waals surface area contributed by atoms with E-state index < -0.39 is 17.5 Å². The molecule has 0 saturated carbocycles. The molecule has 1 heterocycles. The molecule has 0 atom stereocenters. The molecule has 82 valence electrons. The molecule has 0 radical (unpaired) electrons. The van der Waals surface area contributed by atoms with Crippen LogP contribution in [0, 0.1) is 3.70 Å². The average Bonchev–Trinajstić information content (AvgIpc) is 2.09. The van der Waals surface area contributed by atoms with Crippen LogP contribution in [-0.2, 0) is 0 Å². The van der Waals surface area contributed by atoms with Gasteiger partial charge in [-0.25, -0.2) is 0 Å². The molecule has 0 saturated heterocycles. The zero-order valence-electron chi connectivity index (χ0n) is 6.89. The molecule has 4 nitrogen and oxygen atoms in total. The van der Waals surface area contributed by atoms with Gasteiger partial charge in [0.05, 0.1) is 5.69 Å². The van der Waals surface area contributed by atoms with Crippen LogP contribution < -0.4 is 10.2 Å². The minimum Gasteiger partial charge on any atom is -0.399 e. The number of H-pyrrole nitrogens is 1. The Morgan fingerprint density at radius 1 is 1.47 bits per heavy atom. The van der Waals surface area contributed by atoms with Crippen molar-refractivity contribution < 1.29 is 22.7 Å². The Morgan fingerprint density at radius 3 is 2.47 bits per heavy atom. The van der Waals surface area contributed by atoms with Crippen molar-refractivity contribution in [1.82, 2.24) is 4.98 Å². The average molecular weight is 333 g/mol. The number of hydrogen-bond donors (Lipinski definition) is 1. The van der Waals surface area contributed by atoms with E-state index >= 15 is 0 Å². The third-order valence-corrected chi connectivity index (χ3v) is 2.07. The van der Waals surface area contributed by atoms with Crippen molar-refractivity contribution in [2.24, 2.45) is 0 Å². The van der Waals surface area contributed by atoms with Crippen molar-refractivity contribution in [2.75, 3.05) is 0 Å². The molecule has 1 N–H and O–H groups in total. The first kappa shape index (κ1) is 12.0. The molecule has 1 aromatic rings. The minimum atomic E-state index is -4.93. The summed E-state index contributed by atoms with van der Waals surface area (Å²) in [5.41, 5.74) is -1.11. The Labute approximate surface area is 94.6 Å². The predicted octanol–water partition coefficient (Wildman–Crippen LogP) is 1.69. The minimum absolute atomic E-state index is 0.112. The number of aromatic nitrogens is 1. The lowest BCUT2D eigenvalue weighted by molar-refractivity contribution is -0.275. The van der Waals surface area contributed by atoms with Gasteiger partial charge in [-0.1, -0.05) is 0 Å². The molecule has 0 bridgehead atoms. The van der Waals surface area contributed by atoms with Gasteiger partial charge < -0.3 is 9.72 Å². The van der Waals surface area contributed by atoms with Gasteiger partial charge in [-0.2, -0.15) is 0 Å². The summed E-state index contributed by atoms with van der Waals surface area (Å²) < 4.78 is 38.8. The number of aldehydes is 1. The number of halogens is 4. The predicted molar refractivity (Wildman–Crippen MR) is 51.9 cm³/mol. The zero-order valence-corrected chi connectivity index (χ0v) is 9.05. The molecule has 0 aromatic carbocycles. The van der Waals surface area contributed by atoms with Crippen molar-refractivity contribution >= 4 is 28.9 Å². The highest BCUT2D eigenvalue weighted by Gasteiger charge is 2.33. The summed E-state index contributed by atoms with van der Waals surface area (Å²) in [6.45, 7) is 0. The maximum absolute atomic E-state index is 11.8. The number of nitrogens with one attached hydrogen (secondary N) is 1. The number of carbonyl (C=O) groups excluding carboxylic acids is 1. The summed E-state index contributed by atoms with van der Waals surface area (Å²) >= 11 is 1.44. The van der Waals surface area contributed by atoms with Crippen molar-refractivity contribution in [3.8, 4) is 5.75 Å². The molecule has 0 fully saturated rings. The summed E-state index contributed by atoms with van der Waals surface area (Å²) in [6, 6.07) is 0.732. The van der Waals surface area contributed by atoms with E-state index in [2.05, 4.69) is 9.72 Å². The Balaban J connectivity index is 3.20. The molecule has 0 aliphatic carbocycles. The molecule has 1 rings (SSSR count). The van der Waals surface area contributed by atoms with E-state index in [1.165, 1.54) is 22.6 Å². The normalized spacial score (nSPS) is 11.2. The molecule has 15 heavy (non-hydrogen) atoms. The van der Waals surface area contributed by atoms with Gasteiger partial charge in [-0.3, -0.25) is 9.59 Å². The zero-order chi connectivity index (χ0) is 11.6. The van der Waals surface area contributed by atoms with Gasteiger partial charge in [-0.05, 0) is 22.6 Å². The van der Waals surface area contributed by atoms with Crippen LogP contribution in [0.1, 0.15) is 10.5 Å². The molecule has 0 unspecified atom stereocenters. The van der Waals surface area contributed by atoms with E-state index in [0.29, 0.717) is 6.29 Å². The highest BCUT2D eigenvalue weighted by Crippen LogP contribution is 2.23. The van der Waals surface area contributed by atoms with E-state index in [4.69, 9.17) is 0 Å². The van der Waals surface area contributed by atoms with Gasteiger partial charge in [-0.15, -0.1) is 13.2 Å². The summed E-state index contributed by atoms with van der Waals surface area (Å²) in [5.74, 6) is -0.867. The molecular formula is C7H3F3INO3. The van der Waals surface area contributed by atoms with E-state index in [-0.39, 0.29) is 9.39 Å². The second kappa shape index (κ2) is 4.21. The Hall–Kier alpha value is -1.06. The fourth-order valence-corrected chi connectivity index (χ4v) is 1.50. The van der Waals surface area contributed by atoms with E-state index in [1.807, 2.05) is 0 Å². The number of hydrogen-bond acceptors (Lipinski definition) is 3. The van der Waals surface area contributed by atoms with Crippen LogP contribution >= 0.6 is 22.6 Å². The Kier molecular flexibility index (Phi) is 3.37. The van der Waals surface area contributed by atoms with Crippen LogP contribution in [0.3, 0.4) is 0 Å². The smallest absolute Gasteiger partial charge is 0.399 e. The molecule has 0 amide bonds. The fraction of sp³-hybridized carbons (Fsp3) is 0.143. The molecule has 0 aliphatic heterocycles. The van der Waals surface area contributed by atoms with Gasteiger partial charge in [0, 0.05) is 6.07 Å². The topological polar surface area (TPSA) is 59.2 Å². The second-order valence-electron chi connectivity index (χ2n) is 2.40. The number of rotatable bonds is 2. The quantitative estimate of drug-likeness (QED) is 0.509. The van der Waals surface area contributed by atoms with Gasteiger partial charge >= 0.3 is 6.36 Å². The summed E-state index contributed by atoms with van der Waals surface area (Å²) in [7, 11) is 0. The summed E-state index contributed by atoms with van der Waals surface area (Å²) in [6.07, 6.45) is -4.61. The lowest BCUT2D eigenvalue weighted by atomic mass is 10.3. The lowest BCUT2D eigenvalue weighted by Crippen LogP contribution is -2.23. The first-order chi connectivity index (χ1) is 6.83. The van der Waals surface area contributed by atoms with Crippen molar-refractivity contribution in [3.63, 3.8) is 0 Å². The number of ether oxygens (including phenoxy) is 1. The monoisotopic (exact) mass is 333 g/mol. The highest BCUT2D eigenvalue weighted by molar-refractivity contribution is 14.1. The first-order valence-corrected chi connectivity index (χ1v) is 4.55. The van der Waals surface area contributed by atoms with Crippen molar-refractivity contribution in [1.29, 1.82) is 0 Å². The van der Waals surface area contributed by atoms with Gasteiger partial charge in [0.2, 0.25) is 11.2 Å². The van der Waals surface area contributed by atoms with Crippen LogP contribution in [0.25, 0.3) is 0 Å². The number of pyridine rings is 1. The van der Waals surface area contributed by atoms with E-state index in [0.717, 1.165) is 6.07 Å². The standard InChI is InChI=1S/C7H3F3INO3/c8-7(9,10)15-5-4(14)1-3(2-13)12-6(5)11/h1-2H,(H,12,14). The SMILES string of the molecule is O=Cc1cc(=O)c(OC(F)(F)F)c(I)[nH]1. The lowest BCUT2D eigenvalue weighted by Gasteiger charge is -2.09. The van der Waals surface area contributed by atoms with Crippen LogP contribution in [-0.4, -0.2) is 17.6 Å². The molecule has 0 aliphatic rings.